The molecule has 0 aliphatic carbocycles. The van der Waals surface area contributed by atoms with E-state index in [0.29, 0.717) is 22.3 Å². The first-order valence-corrected chi connectivity index (χ1v) is 8.88. The Balaban J connectivity index is 1.61. The number of hydrogen-bond donors (Lipinski definition) is 3. The number of H-pyrrole nitrogens is 1. The number of thioether (sulfide) groups is 1. The highest BCUT2D eigenvalue weighted by atomic mass is 32.2. The van der Waals surface area contributed by atoms with Gasteiger partial charge in [0.2, 0.25) is 0 Å². The average molecular weight is 411 g/mol. The third-order valence-corrected chi connectivity index (χ3v) is 4.46. The Morgan fingerprint density at radius 2 is 1.75 bits per heavy atom. The fourth-order valence-corrected chi connectivity index (χ4v) is 2.91. The van der Waals surface area contributed by atoms with Gasteiger partial charge in [0.1, 0.15) is 5.82 Å². The molecule has 28 heavy (non-hydrogen) atoms. The normalized spacial score (nSPS) is 11.4. The van der Waals surface area contributed by atoms with Crippen LogP contribution in [0.25, 0.3) is 10.9 Å². The molecule has 1 heterocycles. The Hall–Kier alpha value is -3.01. The second-order valence-electron chi connectivity index (χ2n) is 5.71. The van der Waals surface area contributed by atoms with Crippen LogP contribution in [0.15, 0.2) is 48.7 Å². The third-order valence-electron chi connectivity index (χ3n) is 3.72. The Morgan fingerprint density at radius 1 is 1.04 bits per heavy atom. The number of ketones is 1. The lowest BCUT2D eigenvalue weighted by atomic mass is 10.1. The zero-order valence-corrected chi connectivity index (χ0v) is 14.9. The van der Waals surface area contributed by atoms with E-state index in [1.807, 2.05) is 0 Å². The van der Waals surface area contributed by atoms with E-state index in [1.54, 1.807) is 6.07 Å². The predicted molar refractivity (Wildman–Crippen MR) is 100 cm³/mol. The molecule has 5 nitrogen and oxygen atoms in total. The number of rotatable bonds is 5. The summed E-state index contributed by atoms with van der Waals surface area (Å²) in [6.45, 7) is 0. The van der Waals surface area contributed by atoms with E-state index in [0.717, 1.165) is 0 Å². The standard InChI is InChI=1S/C18H13F4N3O2S/c19-11-3-6-14-13(7-11)15(8-23-14)25-17(27)24-12-4-1-10(2-5-12)16(26)9-28-18(20,21)22/h1-8,23H,9H2,(H2,24,25,27). The molecule has 2 amide bonds. The van der Waals surface area contributed by atoms with Gasteiger partial charge < -0.3 is 15.6 Å². The van der Waals surface area contributed by atoms with E-state index in [1.165, 1.54) is 42.6 Å². The number of nitrogens with one attached hydrogen (secondary N) is 3. The fraction of sp³-hybridized carbons (Fsp3) is 0.111. The molecule has 0 saturated carbocycles. The number of urea groups is 1. The molecule has 3 aromatic rings. The summed E-state index contributed by atoms with van der Waals surface area (Å²) < 4.78 is 49.8. The quantitative estimate of drug-likeness (QED) is 0.389. The summed E-state index contributed by atoms with van der Waals surface area (Å²) >= 11 is -0.404. The number of Topliss-reactive ketones (excluding diaryl/α,β-unsaturated/α-hetero) is 1. The number of aromatic amines is 1. The molecule has 3 rings (SSSR count). The number of benzene rings is 2. The van der Waals surface area contributed by atoms with Gasteiger partial charge in [-0.1, -0.05) is 0 Å². The van der Waals surface area contributed by atoms with Crippen LogP contribution in [0.2, 0.25) is 0 Å². The van der Waals surface area contributed by atoms with Gasteiger partial charge in [0, 0.05) is 28.4 Å². The van der Waals surface area contributed by atoms with Crippen LogP contribution in [0.5, 0.6) is 0 Å². The monoisotopic (exact) mass is 411 g/mol. The topological polar surface area (TPSA) is 74.0 Å². The summed E-state index contributed by atoms with van der Waals surface area (Å²) in [5.41, 5.74) is -3.00. The van der Waals surface area contributed by atoms with Crippen LogP contribution in [-0.4, -0.2) is 28.1 Å². The van der Waals surface area contributed by atoms with Crippen molar-refractivity contribution < 1.29 is 27.2 Å². The second-order valence-corrected chi connectivity index (χ2v) is 6.75. The van der Waals surface area contributed by atoms with Gasteiger partial charge in [-0.2, -0.15) is 13.2 Å². The van der Waals surface area contributed by atoms with Crippen molar-refractivity contribution >= 4 is 45.9 Å². The maximum absolute atomic E-state index is 13.4. The second kappa shape index (κ2) is 7.93. The highest BCUT2D eigenvalue weighted by molar-refractivity contribution is 8.00. The average Bonchev–Trinajstić information content (AvgIpc) is 3.01. The fourth-order valence-electron chi connectivity index (χ4n) is 2.45. The van der Waals surface area contributed by atoms with E-state index in [4.69, 9.17) is 0 Å². The van der Waals surface area contributed by atoms with Crippen molar-refractivity contribution in [3.05, 3.63) is 60.0 Å². The largest absolute Gasteiger partial charge is 0.442 e. The molecule has 0 bridgehead atoms. The molecule has 1 aromatic heterocycles. The Kier molecular flexibility index (Phi) is 5.59. The van der Waals surface area contributed by atoms with E-state index >= 15 is 0 Å². The van der Waals surface area contributed by atoms with Gasteiger partial charge in [-0.3, -0.25) is 4.79 Å². The lowest BCUT2D eigenvalue weighted by Crippen LogP contribution is -2.19. The van der Waals surface area contributed by atoms with Gasteiger partial charge in [-0.15, -0.1) is 0 Å². The summed E-state index contributed by atoms with van der Waals surface area (Å²) in [4.78, 5) is 26.7. The van der Waals surface area contributed by atoms with Gasteiger partial charge in [0.05, 0.1) is 11.4 Å². The first-order valence-electron chi connectivity index (χ1n) is 7.90. The van der Waals surface area contributed by atoms with Crippen molar-refractivity contribution in [2.24, 2.45) is 0 Å². The van der Waals surface area contributed by atoms with Crippen molar-refractivity contribution in [1.82, 2.24) is 4.98 Å². The van der Waals surface area contributed by atoms with Gasteiger partial charge in [0.15, 0.2) is 5.78 Å². The van der Waals surface area contributed by atoms with Crippen LogP contribution < -0.4 is 10.6 Å². The Morgan fingerprint density at radius 3 is 2.43 bits per heavy atom. The van der Waals surface area contributed by atoms with Gasteiger partial charge in [-0.05, 0) is 54.2 Å². The zero-order chi connectivity index (χ0) is 20.3. The molecule has 10 heteroatoms. The summed E-state index contributed by atoms with van der Waals surface area (Å²) in [5, 5.41) is 5.60. The lowest BCUT2D eigenvalue weighted by Gasteiger charge is -2.08. The number of fused-ring (bicyclic) bond motifs is 1. The number of hydrogen-bond acceptors (Lipinski definition) is 3. The van der Waals surface area contributed by atoms with Crippen LogP contribution in [0, 0.1) is 5.82 Å². The minimum atomic E-state index is -4.47. The van der Waals surface area contributed by atoms with Crippen molar-refractivity contribution in [2.75, 3.05) is 16.4 Å². The van der Waals surface area contributed by atoms with E-state index < -0.39 is 40.7 Å². The van der Waals surface area contributed by atoms with Gasteiger partial charge in [-0.25, -0.2) is 9.18 Å². The van der Waals surface area contributed by atoms with Crippen molar-refractivity contribution in [3.8, 4) is 0 Å². The van der Waals surface area contributed by atoms with Crippen LogP contribution in [0.3, 0.4) is 0 Å². The highest BCUT2D eigenvalue weighted by Crippen LogP contribution is 2.30. The van der Waals surface area contributed by atoms with E-state index in [-0.39, 0.29) is 5.56 Å². The van der Waals surface area contributed by atoms with Crippen LogP contribution in [-0.2, 0) is 0 Å². The SMILES string of the molecule is O=C(Nc1ccc(C(=O)CSC(F)(F)F)cc1)Nc1c[nH]c2ccc(F)cc12. The molecule has 0 aliphatic rings. The van der Waals surface area contributed by atoms with Crippen LogP contribution in [0.4, 0.5) is 33.7 Å². The zero-order valence-electron chi connectivity index (χ0n) is 14.1. The highest BCUT2D eigenvalue weighted by Gasteiger charge is 2.29. The van der Waals surface area contributed by atoms with E-state index in [9.17, 15) is 27.2 Å². The third kappa shape index (κ3) is 5.03. The van der Waals surface area contributed by atoms with Crippen molar-refractivity contribution in [2.45, 2.75) is 5.51 Å². The molecule has 0 radical (unpaired) electrons. The maximum Gasteiger partial charge on any atom is 0.442 e. The number of carbonyl (C=O) groups excluding carboxylic acids is 2. The van der Waals surface area contributed by atoms with Gasteiger partial charge >= 0.3 is 11.5 Å². The van der Waals surface area contributed by atoms with Gasteiger partial charge in [0.25, 0.3) is 0 Å². The molecule has 0 fully saturated rings. The molecule has 2 aromatic carbocycles. The van der Waals surface area contributed by atoms with Crippen LogP contribution >= 0.6 is 11.8 Å². The Bertz CT molecular complexity index is 1020. The van der Waals surface area contributed by atoms with E-state index in [2.05, 4.69) is 15.6 Å². The predicted octanol–water partition coefficient (Wildman–Crippen LogP) is 5.39. The van der Waals surface area contributed by atoms with Crippen LogP contribution in [0.1, 0.15) is 10.4 Å². The molecule has 0 saturated heterocycles. The number of carbonyl (C=O) groups is 2. The number of alkyl halides is 3. The molecule has 0 atom stereocenters. The summed E-state index contributed by atoms with van der Waals surface area (Å²) in [6, 6.07) is 8.98. The first kappa shape index (κ1) is 19.7. The summed E-state index contributed by atoms with van der Waals surface area (Å²) in [6.07, 6.45) is 1.52. The summed E-state index contributed by atoms with van der Waals surface area (Å²) in [5.74, 6) is -1.83. The first-order chi connectivity index (χ1) is 13.2. The molecule has 0 aliphatic heterocycles. The number of halogens is 4. The number of anilines is 2. The molecule has 3 N–H and O–H groups in total. The van der Waals surface area contributed by atoms with Crippen molar-refractivity contribution in [1.29, 1.82) is 0 Å². The number of amides is 2. The Labute approximate surface area is 160 Å². The molecular formula is C18H13F4N3O2S. The van der Waals surface area contributed by atoms with Crippen molar-refractivity contribution in [3.63, 3.8) is 0 Å². The minimum absolute atomic E-state index is 0.106. The molecule has 0 unspecified atom stereocenters. The molecule has 0 spiro atoms. The summed E-state index contributed by atoms with van der Waals surface area (Å²) in [7, 11) is 0. The minimum Gasteiger partial charge on any atom is -0.359 e. The smallest absolute Gasteiger partial charge is 0.359 e. The lowest BCUT2D eigenvalue weighted by molar-refractivity contribution is -0.0327. The number of aromatic nitrogens is 1. The maximum atomic E-state index is 13.4. The molecular weight excluding hydrogens is 398 g/mol. The molecule has 146 valence electrons.